The van der Waals surface area contributed by atoms with E-state index >= 15 is 0 Å². The van der Waals surface area contributed by atoms with E-state index in [0.29, 0.717) is 5.69 Å². The summed E-state index contributed by atoms with van der Waals surface area (Å²) in [6.45, 7) is 4.01. The molecule has 3 heterocycles. The van der Waals surface area contributed by atoms with Gasteiger partial charge in [0.25, 0.3) is 0 Å². The molecular weight excluding hydrogens is 414 g/mol. The van der Waals surface area contributed by atoms with Gasteiger partial charge < -0.3 is 4.74 Å². The highest BCUT2D eigenvalue weighted by molar-refractivity contribution is 9.10. The average molecular weight is 432 g/mol. The van der Waals surface area contributed by atoms with Gasteiger partial charge in [0.15, 0.2) is 11.6 Å². The number of ether oxygens (including phenoxy) is 1. The van der Waals surface area contributed by atoms with Gasteiger partial charge >= 0.3 is 0 Å². The number of thiazole rings is 1. The lowest BCUT2D eigenvalue weighted by Crippen LogP contribution is -2.29. The third-order valence-electron chi connectivity index (χ3n) is 6.02. The number of aromatic nitrogens is 1. The van der Waals surface area contributed by atoms with Gasteiger partial charge in [0.1, 0.15) is 10.9 Å². The summed E-state index contributed by atoms with van der Waals surface area (Å²) < 4.78 is 6.86. The molecule has 2 bridgehead atoms. The molecule has 0 N–H and O–H groups in total. The molecule has 0 radical (unpaired) electrons. The molecule has 3 aliphatic rings. The molecule has 0 spiro atoms. The number of carbonyl (C=O) groups excluding carboxylic acids is 2. The first-order valence-corrected chi connectivity index (χ1v) is 10.5. The molecule has 3 fully saturated rings. The van der Waals surface area contributed by atoms with Crippen molar-refractivity contribution in [2.45, 2.75) is 44.8 Å². The Morgan fingerprint density at radius 3 is 2.38 bits per heavy atom. The van der Waals surface area contributed by atoms with Crippen molar-refractivity contribution in [2.24, 2.45) is 11.8 Å². The lowest BCUT2D eigenvalue weighted by atomic mass is 9.81. The first-order valence-electron chi connectivity index (χ1n) is 8.92. The van der Waals surface area contributed by atoms with Crippen molar-refractivity contribution < 1.29 is 14.3 Å². The van der Waals surface area contributed by atoms with Crippen molar-refractivity contribution in [3.05, 3.63) is 38.8 Å². The van der Waals surface area contributed by atoms with Gasteiger partial charge in [0, 0.05) is 14.9 Å². The number of nitrogens with zero attached hydrogens (tertiary/aromatic N) is 1. The molecular formula is C20H18BrNO3S. The minimum atomic E-state index is -0.697. The second kappa shape index (κ2) is 5.81. The molecule has 26 heavy (non-hydrogen) atoms. The summed E-state index contributed by atoms with van der Waals surface area (Å²) in [5, 5.41) is 0.874. The summed E-state index contributed by atoms with van der Waals surface area (Å²) >= 11 is 5.05. The fourth-order valence-electron chi connectivity index (χ4n) is 4.85. The lowest BCUT2D eigenvalue weighted by molar-refractivity contribution is -0.127. The lowest BCUT2D eigenvalue weighted by Gasteiger charge is -2.16. The highest BCUT2D eigenvalue weighted by Gasteiger charge is 2.63. The average Bonchev–Trinajstić information content (AvgIpc) is 3.33. The van der Waals surface area contributed by atoms with Gasteiger partial charge in [-0.1, -0.05) is 22.0 Å². The van der Waals surface area contributed by atoms with Crippen LogP contribution in [0.15, 0.2) is 22.7 Å². The number of aryl methyl sites for hydroxylation is 2. The Bertz CT molecular complexity index is 925. The first-order chi connectivity index (χ1) is 12.5. The predicted octanol–water partition coefficient (Wildman–Crippen LogP) is 4.22. The van der Waals surface area contributed by atoms with Crippen LogP contribution in [0.25, 0.3) is 10.6 Å². The van der Waals surface area contributed by atoms with Crippen molar-refractivity contribution in [1.29, 1.82) is 0 Å². The van der Waals surface area contributed by atoms with Crippen LogP contribution in [0, 0.1) is 25.7 Å². The van der Waals surface area contributed by atoms with Gasteiger partial charge in [-0.15, -0.1) is 11.3 Å². The van der Waals surface area contributed by atoms with E-state index in [-0.39, 0.29) is 35.6 Å². The van der Waals surface area contributed by atoms with E-state index in [1.807, 2.05) is 26.0 Å². The number of rotatable bonds is 2. The van der Waals surface area contributed by atoms with Crippen molar-refractivity contribution in [2.75, 3.05) is 0 Å². The van der Waals surface area contributed by atoms with Crippen LogP contribution in [0.4, 0.5) is 0 Å². The number of ketones is 2. The fraction of sp³-hybridized carbons (Fsp3) is 0.450. The molecule has 5 rings (SSSR count). The van der Waals surface area contributed by atoms with Crippen molar-refractivity contribution in [1.82, 2.24) is 4.98 Å². The minimum Gasteiger partial charge on any atom is -0.373 e. The molecule has 1 aromatic carbocycles. The van der Waals surface area contributed by atoms with Gasteiger partial charge in [0.2, 0.25) is 0 Å². The summed E-state index contributed by atoms with van der Waals surface area (Å²) in [4.78, 5) is 31.8. The van der Waals surface area contributed by atoms with E-state index in [1.165, 1.54) is 0 Å². The number of Topliss-reactive ketones (excluding diaryl/α,β-unsaturated/α-hetero) is 2. The SMILES string of the molecule is Cc1cc(Br)ccc1-c1nc(C2C(=O)[C@@H]3C4CCC(O4)[C@@H]3C2=O)c(C)s1. The Kier molecular flexibility index (Phi) is 3.75. The van der Waals surface area contributed by atoms with Crippen LogP contribution in [-0.2, 0) is 14.3 Å². The monoisotopic (exact) mass is 431 g/mol. The summed E-state index contributed by atoms with van der Waals surface area (Å²) in [6.07, 6.45) is 1.69. The molecule has 2 aromatic rings. The largest absolute Gasteiger partial charge is 0.373 e. The Morgan fingerprint density at radius 2 is 1.77 bits per heavy atom. The third kappa shape index (κ3) is 2.25. The van der Waals surface area contributed by atoms with E-state index in [4.69, 9.17) is 9.72 Å². The maximum atomic E-state index is 13.1. The molecule has 134 valence electrons. The number of halogens is 1. The second-order valence-corrected chi connectivity index (χ2v) is 9.62. The standard InChI is InChI=1S/C20H18BrNO3S/c1-8-7-10(21)3-4-11(8)20-22-17(9(2)26-20)16-18(23)14-12-5-6-13(25-12)15(14)19(16)24/h3-4,7,12-16H,5-6H2,1-2H3/t12?,13?,14-,15+,16?. The van der Waals surface area contributed by atoms with Crippen LogP contribution in [0.5, 0.6) is 0 Å². The number of fused-ring (bicyclic) bond motifs is 5. The zero-order chi connectivity index (χ0) is 18.2. The van der Waals surface area contributed by atoms with Crippen LogP contribution >= 0.6 is 27.3 Å². The number of hydrogen-bond acceptors (Lipinski definition) is 5. The van der Waals surface area contributed by atoms with Gasteiger partial charge in [-0.05, 0) is 44.4 Å². The highest BCUT2D eigenvalue weighted by atomic mass is 79.9. The Hall–Kier alpha value is -1.37. The topological polar surface area (TPSA) is 56.3 Å². The molecule has 1 aliphatic carbocycles. The molecule has 1 aromatic heterocycles. The normalized spacial score (nSPS) is 32.5. The zero-order valence-corrected chi connectivity index (χ0v) is 16.9. The van der Waals surface area contributed by atoms with Crippen LogP contribution in [0.2, 0.25) is 0 Å². The van der Waals surface area contributed by atoms with Crippen molar-refractivity contribution in [3.8, 4) is 10.6 Å². The number of carbonyl (C=O) groups is 2. The fourth-order valence-corrected chi connectivity index (χ4v) is 6.37. The van der Waals surface area contributed by atoms with Crippen LogP contribution in [-0.4, -0.2) is 28.8 Å². The van der Waals surface area contributed by atoms with Crippen LogP contribution in [0.1, 0.15) is 34.9 Å². The highest BCUT2D eigenvalue weighted by Crippen LogP contribution is 2.52. The van der Waals surface area contributed by atoms with Gasteiger partial charge in [-0.3, -0.25) is 9.59 Å². The van der Waals surface area contributed by atoms with E-state index in [9.17, 15) is 9.59 Å². The smallest absolute Gasteiger partial charge is 0.155 e. The molecule has 2 saturated heterocycles. The Balaban J connectivity index is 1.54. The third-order valence-corrected chi connectivity index (χ3v) is 7.54. The van der Waals surface area contributed by atoms with E-state index in [1.54, 1.807) is 11.3 Å². The molecule has 0 amide bonds. The first kappa shape index (κ1) is 16.8. The Morgan fingerprint density at radius 1 is 1.12 bits per heavy atom. The molecule has 6 heteroatoms. The maximum absolute atomic E-state index is 13.1. The number of hydrogen-bond donors (Lipinski definition) is 0. The summed E-state index contributed by atoms with van der Waals surface area (Å²) in [7, 11) is 0. The molecule has 5 atom stereocenters. The molecule has 4 nitrogen and oxygen atoms in total. The zero-order valence-electron chi connectivity index (χ0n) is 14.5. The number of benzene rings is 1. The molecule has 3 unspecified atom stereocenters. The van der Waals surface area contributed by atoms with Crippen molar-refractivity contribution >= 4 is 38.8 Å². The quantitative estimate of drug-likeness (QED) is 0.667. The van der Waals surface area contributed by atoms with E-state index < -0.39 is 5.92 Å². The van der Waals surface area contributed by atoms with Gasteiger partial charge in [-0.25, -0.2) is 4.98 Å². The molecule has 1 saturated carbocycles. The van der Waals surface area contributed by atoms with Crippen molar-refractivity contribution in [3.63, 3.8) is 0 Å². The molecule has 2 aliphatic heterocycles. The summed E-state index contributed by atoms with van der Waals surface area (Å²) in [6, 6.07) is 6.07. The minimum absolute atomic E-state index is 0.0275. The second-order valence-electron chi connectivity index (χ2n) is 7.50. The Labute approximate surface area is 164 Å². The van der Waals surface area contributed by atoms with Gasteiger partial charge in [0.05, 0.1) is 29.7 Å². The summed E-state index contributed by atoms with van der Waals surface area (Å²) in [5.41, 5.74) is 2.83. The summed E-state index contributed by atoms with van der Waals surface area (Å²) in [5.74, 6) is -1.13. The predicted molar refractivity (Wildman–Crippen MR) is 102 cm³/mol. The van der Waals surface area contributed by atoms with Crippen LogP contribution < -0.4 is 0 Å². The van der Waals surface area contributed by atoms with Gasteiger partial charge in [-0.2, -0.15) is 0 Å². The maximum Gasteiger partial charge on any atom is 0.155 e. The van der Waals surface area contributed by atoms with Crippen LogP contribution in [0.3, 0.4) is 0 Å². The van der Waals surface area contributed by atoms with E-state index in [2.05, 4.69) is 22.0 Å². The van der Waals surface area contributed by atoms with E-state index in [0.717, 1.165) is 38.3 Å².